The van der Waals surface area contributed by atoms with E-state index in [2.05, 4.69) is 9.46 Å². The first-order valence-corrected chi connectivity index (χ1v) is 4.96. The standard InChI is InChI=1S/C5H7N3O2S/c1-11(10)4-2-3-6-8(4)5(9)7-11/h2-3,5,9H,1H3. The molecule has 0 spiro atoms. The van der Waals surface area contributed by atoms with Gasteiger partial charge in [0, 0.05) is 6.26 Å². The largest absolute Gasteiger partial charge is 0.353 e. The van der Waals surface area contributed by atoms with Crippen molar-refractivity contribution < 1.29 is 9.32 Å². The van der Waals surface area contributed by atoms with Crippen molar-refractivity contribution in [2.24, 2.45) is 4.36 Å². The Morgan fingerprint density at radius 3 is 3.18 bits per heavy atom. The van der Waals surface area contributed by atoms with Crippen LogP contribution in [0.25, 0.3) is 0 Å². The number of fused-ring (bicyclic) bond motifs is 1. The minimum absolute atomic E-state index is 0.491. The Labute approximate surface area is 63.8 Å². The SMILES string of the molecule is CS1(=O)=NC(O)n2nccc21. The number of hydrogen-bond donors (Lipinski definition) is 1. The third-order valence-corrected chi connectivity index (χ3v) is 3.23. The van der Waals surface area contributed by atoms with Crippen LogP contribution in [-0.4, -0.2) is 25.4 Å². The molecule has 2 atom stereocenters. The van der Waals surface area contributed by atoms with Crippen molar-refractivity contribution in [3.05, 3.63) is 12.3 Å². The summed E-state index contributed by atoms with van der Waals surface area (Å²) in [6.07, 6.45) is 1.91. The van der Waals surface area contributed by atoms with E-state index in [1.54, 1.807) is 6.07 Å². The van der Waals surface area contributed by atoms with Gasteiger partial charge >= 0.3 is 0 Å². The fourth-order valence-electron chi connectivity index (χ4n) is 1.05. The molecule has 60 valence electrons. The van der Waals surface area contributed by atoms with Gasteiger partial charge in [0.05, 0.1) is 15.9 Å². The Hall–Kier alpha value is -0.880. The Kier molecular flexibility index (Phi) is 1.13. The third kappa shape index (κ3) is 0.795. The van der Waals surface area contributed by atoms with Crippen LogP contribution >= 0.6 is 0 Å². The van der Waals surface area contributed by atoms with Crippen molar-refractivity contribution in [3.8, 4) is 0 Å². The van der Waals surface area contributed by atoms with Crippen molar-refractivity contribution in [3.63, 3.8) is 0 Å². The van der Waals surface area contributed by atoms with E-state index in [9.17, 15) is 4.21 Å². The molecule has 1 aromatic heterocycles. The summed E-state index contributed by atoms with van der Waals surface area (Å²) < 4.78 is 16.4. The molecule has 0 saturated heterocycles. The molecule has 6 heteroatoms. The topological polar surface area (TPSA) is 67.5 Å². The smallest absolute Gasteiger partial charge is 0.254 e. The Morgan fingerprint density at radius 2 is 2.55 bits per heavy atom. The van der Waals surface area contributed by atoms with E-state index >= 15 is 0 Å². The summed E-state index contributed by atoms with van der Waals surface area (Å²) in [7, 11) is -2.39. The van der Waals surface area contributed by atoms with Gasteiger partial charge in [-0.05, 0) is 6.07 Å². The van der Waals surface area contributed by atoms with Gasteiger partial charge in [-0.3, -0.25) is 0 Å². The molecular weight excluding hydrogens is 166 g/mol. The fourth-order valence-corrected chi connectivity index (χ4v) is 2.41. The molecule has 0 amide bonds. The number of hydrogen-bond acceptors (Lipinski definition) is 4. The first-order chi connectivity index (χ1) is 5.11. The van der Waals surface area contributed by atoms with Crippen LogP contribution in [0, 0.1) is 0 Å². The van der Waals surface area contributed by atoms with Gasteiger partial charge in [0.1, 0.15) is 5.03 Å². The monoisotopic (exact) mass is 173 g/mol. The Bertz CT molecular complexity index is 402. The average Bonchev–Trinajstić information content (AvgIpc) is 2.37. The number of nitrogens with zero attached hydrogens (tertiary/aromatic N) is 3. The lowest BCUT2D eigenvalue weighted by atomic mass is 10.7. The first kappa shape index (κ1) is 6.81. The third-order valence-electron chi connectivity index (χ3n) is 1.54. The molecule has 2 heterocycles. The Morgan fingerprint density at radius 1 is 1.82 bits per heavy atom. The number of aliphatic hydroxyl groups is 1. The van der Waals surface area contributed by atoms with E-state index in [1.165, 1.54) is 17.1 Å². The average molecular weight is 173 g/mol. The predicted octanol–water partition coefficient (Wildman–Crippen LogP) is -0.198. The molecular formula is C5H7N3O2S. The van der Waals surface area contributed by atoms with Crippen molar-refractivity contribution in [2.45, 2.75) is 11.4 Å². The van der Waals surface area contributed by atoms with Gasteiger partial charge in [-0.2, -0.15) is 9.46 Å². The van der Waals surface area contributed by atoms with Gasteiger partial charge in [-0.15, -0.1) is 0 Å². The second-order valence-corrected chi connectivity index (χ2v) is 4.60. The highest BCUT2D eigenvalue weighted by atomic mass is 32.2. The molecule has 0 bridgehead atoms. The van der Waals surface area contributed by atoms with Gasteiger partial charge in [0.15, 0.2) is 0 Å². The highest BCUT2D eigenvalue weighted by molar-refractivity contribution is 7.93. The minimum Gasteiger partial charge on any atom is -0.353 e. The zero-order chi connectivity index (χ0) is 8.06. The molecule has 11 heavy (non-hydrogen) atoms. The van der Waals surface area contributed by atoms with Crippen LogP contribution in [-0.2, 0) is 9.73 Å². The second kappa shape index (κ2) is 1.83. The number of aromatic nitrogens is 2. The quantitative estimate of drug-likeness (QED) is 0.591. The lowest BCUT2D eigenvalue weighted by Crippen LogP contribution is -2.03. The molecule has 1 aliphatic heterocycles. The molecule has 1 aliphatic rings. The highest BCUT2D eigenvalue weighted by Crippen LogP contribution is 2.24. The molecule has 0 fully saturated rings. The fraction of sp³-hybridized carbons (Fsp3) is 0.400. The van der Waals surface area contributed by atoms with Gasteiger partial charge in [0.25, 0.3) is 6.35 Å². The van der Waals surface area contributed by atoms with E-state index in [0.29, 0.717) is 5.03 Å². The van der Waals surface area contributed by atoms with Crippen molar-refractivity contribution >= 4 is 9.73 Å². The maximum atomic E-state index is 11.5. The molecule has 5 nitrogen and oxygen atoms in total. The Balaban J connectivity index is 2.78. The lowest BCUT2D eigenvalue weighted by Gasteiger charge is -1.96. The van der Waals surface area contributed by atoms with Crippen LogP contribution in [0.4, 0.5) is 0 Å². The summed E-state index contributed by atoms with van der Waals surface area (Å²) in [4.78, 5) is 0. The summed E-state index contributed by atoms with van der Waals surface area (Å²) in [5.74, 6) is 0. The summed E-state index contributed by atoms with van der Waals surface area (Å²) in [6.45, 7) is 0. The van der Waals surface area contributed by atoms with E-state index < -0.39 is 16.1 Å². The van der Waals surface area contributed by atoms with Gasteiger partial charge < -0.3 is 5.11 Å². The molecule has 0 radical (unpaired) electrons. The van der Waals surface area contributed by atoms with Crippen LogP contribution in [0.5, 0.6) is 0 Å². The van der Waals surface area contributed by atoms with Crippen molar-refractivity contribution in [1.29, 1.82) is 0 Å². The second-order valence-electron chi connectivity index (χ2n) is 2.37. The highest BCUT2D eigenvalue weighted by Gasteiger charge is 2.25. The normalized spacial score (nSPS) is 34.9. The summed E-state index contributed by atoms with van der Waals surface area (Å²) in [5, 5.41) is 13.4. The molecule has 2 unspecified atom stereocenters. The predicted molar refractivity (Wildman–Crippen MR) is 38.2 cm³/mol. The van der Waals surface area contributed by atoms with E-state index in [0.717, 1.165) is 0 Å². The van der Waals surface area contributed by atoms with Gasteiger partial charge in [0.2, 0.25) is 0 Å². The number of aliphatic hydroxyl groups excluding tert-OH is 1. The molecule has 2 rings (SSSR count). The molecule has 1 N–H and O–H groups in total. The molecule has 0 saturated carbocycles. The van der Waals surface area contributed by atoms with E-state index in [4.69, 9.17) is 5.11 Å². The van der Waals surface area contributed by atoms with Crippen LogP contribution in [0.15, 0.2) is 21.7 Å². The molecule has 0 aliphatic carbocycles. The van der Waals surface area contributed by atoms with Crippen molar-refractivity contribution in [2.75, 3.05) is 6.26 Å². The van der Waals surface area contributed by atoms with E-state index in [-0.39, 0.29) is 0 Å². The molecule has 0 aromatic carbocycles. The zero-order valence-electron chi connectivity index (χ0n) is 5.84. The van der Waals surface area contributed by atoms with Crippen LogP contribution in [0.1, 0.15) is 6.35 Å². The zero-order valence-corrected chi connectivity index (χ0v) is 6.65. The number of rotatable bonds is 0. The molecule has 1 aromatic rings. The van der Waals surface area contributed by atoms with Crippen LogP contribution in [0.2, 0.25) is 0 Å². The summed E-state index contributed by atoms with van der Waals surface area (Å²) >= 11 is 0. The first-order valence-electron chi connectivity index (χ1n) is 3.04. The van der Waals surface area contributed by atoms with Crippen LogP contribution in [0.3, 0.4) is 0 Å². The van der Waals surface area contributed by atoms with Gasteiger partial charge in [-0.1, -0.05) is 0 Å². The minimum atomic E-state index is -2.39. The lowest BCUT2D eigenvalue weighted by molar-refractivity contribution is 0.0994. The van der Waals surface area contributed by atoms with Crippen molar-refractivity contribution in [1.82, 2.24) is 9.78 Å². The summed E-state index contributed by atoms with van der Waals surface area (Å²) in [6, 6.07) is 1.60. The summed E-state index contributed by atoms with van der Waals surface area (Å²) in [5.41, 5.74) is 0. The van der Waals surface area contributed by atoms with Gasteiger partial charge in [-0.25, -0.2) is 8.89 Å². The van der Waals surface area contributed by atoms with E-state index in [1.807, 2.05) is 0 Å². The maximum Gasteiger partial charge on any atom is 0.254 e. The maximum absolute atomic E-state index is 11.5. The van der Waals surface area contributed by atoms with Crippen LogP contribution < -0.4 is 0 Å².